The summed E-state index contributed by atoms with van der Waals surface area (Å²) < 4.78 is 0. The Morgan fingerprint density at radius 3 is 2.52 bits per heavy atom. The van der Waals surface area contributed by atoms with Crippen LogP contribution in [-0.2, 0) is 18.4 Å². The molecular formula is C17H22N4. The molecule has 0 radical (unpaired) electrons. The molecule has 110 valence electrons. The number of fused-ring (bicyclic) bond motifs is 1. The molecule has 0 atom stereocenters. The lowest BCUT2D eigenvalue weighted by molar-refractivity contribution is 0.544. The number of nitrogens with two attached hydrogens (primary N) is 1. The summed E-state index contributed by atoms with van der Waals surface area (Å²) in [7, 11) is 0. The number of benzene rings is 1. The van der Waals surface area contributed by atoms with Gasteiger partial charge in [-0.1, -0.05) is 45.0 Å². The highest BCUT2D eigenvalue weighted by Gasteiger charge is 2.22. The van der Waals surface area contributed by atoms with Crippen molar-refractivity contribution in [2.75, 3.05) is 17.2 Å². The lowest BCUT2D eigenvalue weighted by Crippen LogP contribution is -2.32. The van der Waals surface area contributed by atoms with Gasteiger partial charge in [0.15, 0.2) is 0 Å². The van der Waals surface area contributed by atoms with Crippen LogP contribution >= 0.6 is 0 Å². The van der Waals surface area contributed by atoms with E-state index in [1.807, 2.05) is 6.07 Å². The van der Waals surface area contributed by atoms with E-state index in [9.17, 15) is 0 Å². The minimum atomic E-state index is -0.0994. The topological polar surface area (TPSA) is 55.0 Å². The highest BCUT2D eigenvalue weighted by molar-refractivity contribution is 5.50. The van der Waals surface area contributed by atoms with E-state index < -0.39 is 0 Å². The van der Waals surface area contributed by atoms with Crippen molar-refractivity contribution in [1.82, 2.24) is 9.97 Å². The zero-order valence-electron chi connectivity index (χ0n) is 12.9. The second kappa shape index (κ2) is 5.02. The molecule has 2 aromatic rings. The molecule has 0 aliphatic carbocycles. The van der Waals surface area contributed by atoms with Gasteiger partial charge in [0, 0.05) is 24.6 Å². The highest BCUT2D eigenvalue weighted by Crippen LogP contribution is 2.26. The van der Waals surface area contributed by atoms with Crippen LogP contribution in [0.1, 0.15) is 37.7 Å². The number of rotatable bonds is 1. The molecule has 0 amide bonds. The lowest BCUT2D eigenvalue weighted by atomic mass is 9.95. The van der Waals surface area contributed by atoms with Crippen molar-refractivity contribution in [2.24, 2.45) is 0 Å². The fraction of sp³-hybridized carbons (Fsp3) is 0.412. The monoisotopic (exact) mass is 282 g/mol. The molecule has 0 bridgehead atoms. The molecule has 21 heavy (non-hydrogen) atoms. The van der Waals surface area contributed by atoms with Gasteiger partial charge in [-0.25, -0.2) is 9.97 Å². The minimum Gasteiger partial charge on any atom is -0.384 e. The van der Waals surface area contributed by atoms with E-state index >= 15 is 0 Å². The van der Waals surface area contributed by atoms with Gasteiger partial charge in [-0.05, 0) is 17.5 Å². The van der Waals surface area contributed by atoms with Crippen molar-refractivity contribution in [2.45, 2.75) is 39.2 Å². The van der Waals surface area contributed by atoms with E-state index in [1.54, 1.807) is 0 Å². The number of anilines is 2. The molecule has 0 unspecified atom stereocenters. The predicted octanol–water partition coefficient (Wildman–Crippen LogP) is 2.92. The summed E-state index contributed by atoms with van der Waals surface area (Å²) in [5.74, 6) is 2.28. The molecule has 1 aliphatic rings. The summed E-state index contributed by atoms with van der Waals surface area (Å²) in [5.41, 5.74) is 8.69. The Bertz CT molecular complexity index is 658. The van der Waals surface area contributed by atoms with Gasteiger partial charge in [0.05, 0.1) is 0 Å². The Morgan fingerprint density at radius 2 is 1.81 bits per heavy atom. The first kappa shape index (κ1) is 13.9. The first-order chi connectivity index (χ1) is 9.93. The van der Waals surface area contributed by atoms with Crippen molar-refractivity contribution < 1.29 is 0 Å². The Hall–Kier alpha value is -2.10. The van der Waals surface area contributed by atoms with Crippen LogP contribution in [0.5, 0.6) is 0 Å². The number of nitrogen functional groups attached to an aromatic ring is 1. The average molecular weight is 282 g/mol. The zero-order chi connectivity index (χ0) is 15.0. The predicted molar refractivity (Wildman–Crippen MR) is 86.3 cm³/mol. The van der Waals surface area contributed by atoms with Crippen LogP contribution in [0.15, 0.2) is 30.3 Å². The quantitative estimate of drug-likeness (QED) is 0.873. The third kappa shape index (κ3) is 2.84. The van der Waals surface area contributed by atoms with Crippen molar-refractivity contribution in [3.63, 3.8) is 0 Å². The Kier molecular flexibility index (Phi) is 3.32. The van der Waals surface area contributed by atoms with E-state index in [0.717, 1.165) is 31.2 Å². The van der Waals surface area contributed by atoms with Gasteiger partial charge in [-0.2, -0.15) is 0 Å². The number of nitrogens with zero attached hydrogens (tertiary/aromatic N) is 3. The van der Waals surface area contributed by atoms with Crippen molar-refractivity contribution in [3.8, 4) is 0 Å². The van der Waals surface area contributed by atoms with Crippen molar-refractivity contribution >= 4 is 11.6 Å². The number of hydrogen-bond acceptors (Lipinski definition) is 4. The van der Waals surface area contributed by atoms with Crippen LogP contribution in [0, 0.1) is 0 Å². The maximum atomic E-state index is 5.98. The fourth-order valence-corrected chi connectivity index (χ4v) is 2.64. The third-order valence-corrected chi connectivity index (χ3v) is 3.86. The molecule has 0 saturated carbocycles. The molecule has 4 heteroatoms. The maximum absolute atomic E-state index is 5.98. The molecule has 3 rings (SSSR count). The van der Waals surface area contributed by atoms with Crippen molar-refractivity contribution in [3.05, 3.63) is 47.3 Å². The molecule has 0 saturated heterocycles. The van der Waals surface area contributed by atoms with E-state index in [1.165, 1.54) is 11.1 Å². The summed E-state index contributed by atoms with van der Waals surface area (Å²) in [4.78, 5) is 11.4. The van der Waals surface area contributed by atoms with E-state index in [2.05, 4.69) is 54.9 Å². The molecule has 1 aromatic carbocycles. The highest BCUT2D eigenvalue weighted by atomic mass is 15.2. The van der Waals surface area contributed by atoms with Gasteiger partial charge in [-0.15, -0.1) is 0 Å². The Morgan fingerprint density at radius 1 is 1.10 bits per heavy atom. The zero-order valence-corrected chi connectivity index (χ0v) is 12.9. The second-order valence-corrected chi connectivity index (χ2v) is 6.66. The Labute approximate surface area is 126 Å². The first-order valence-corrected chi connectivity index (χ1v) is 7.40. The van der Waals surface area contributed by atoms with Gasteiger partial charge in [0.2, 0.25) is 0 Å². The smallest absolute Gasteiger partial charge is 0.138 e. The summed E-state index contributed by atoms with van der Waals surface area (Å²) in [6.45, 7) is 8.18. The van der Waals surface area contributed by atoms with Gasteiger partial charge in [0.1, 0.15) is 17.5 Å². The van der Waals surface area contributed by atoms with Gasteiger partial charge < -0.3 is 10.6 Å². The van der Waals surface area contributed by atoms with Gasteiger partial charge >= 0.3 is 0 Å². The summed E-state index contributed by atoms with van der Waals surface area (Å²) in [5, 5.41) is 0. The molecule has 2 N–H and O–H groups in total. The molecule has 0 spiro atoms. The molecule has 0 fully saturated rings. The second-order valence-electron chi connectivity index (χ2n) is 6.66. The molecular weight excluding hydrogens is 260 g/mol. The standard InChI is InChI=1S/C17H22N4/c1-17(2,3)16-19-14(18)10-15(20-16)21-9-8-12-6-4-5-7-13(12)11-21/h4-7,10H,8-9,11H2,1-3H3,(H2,18,19,20). The molecule has 2 heterocycles. The molecule has 1 aromatic heterocycles. The normalized spacial score (nSPS) is 14.9. The molecule has 4 nitrogen and oxygen atoms in total. The van der Waals surface area contributed by atoms with Crippen LogP contribution in [0.2, 0.25) is 0 Å². The SMILES string of the molecule is CC(C)(C)c1nc(N)cc(N2CCc3ccccc3C2)n1. The largest absolute Gasteiger partial charge is 0.384 e. The summed E-state index contributed by atoms with van der Waals surface area (Å²) in [6, 6.07) is 10.5. The third-order valence-electron chi connectivity index (χ3n) is 3.86. The van der Waals surface area contributed by atoms with Gasteiger partial charge in [-0.3, -0.25) is 0 Å². The van der Waals surface area contributed by atoms with E-state index in [0.29, 0.717) is 5.82 Å². The van der Waals surface area contributed by atoms with Crippen molar-refractivity contribution in [1.29, 1.82) is 0 Å². The minimum absolute atomic E-state index is 0.0994. The van der Waals surface area contributed by atoms with Crippen LogP contribution < -0.4 is 10.6 Å². The fourth-order valence-electron chi connectivity index (χ4n) is 2.64. The summed E-state index contributed by atoms with van der Waals surface area (Å²) in [6.07, 6.45) is 1.05. The van der Waals surface area contributed by atoms with Crippen LogP contribution in [0.25, 0.3) is 0 Å². The number of aromatic nitrogens is 2. The van der Waals surface area contributed by atoms with Crippen LogP contribution in [0.3, 0.4) is 0 Å². The maximum Gasteiger partial charge on any atom is 0.138 e. The Balaban J connectivity index is 1.94. The number of hydrogen-bond donors (Lipinski definition) is 1. The average Bonchev–Trinajstić information content (AvgIpc) is 2.45. The van der Waals surface area contributed by atoms with E-state index in [4.69, 9.17) is 10.7 Å². The van der Waals surface area contributed by atoms with Crippen LogP contribution in [0.4, 0.5) is 11.6 Å². The van der Waals surface area contributed by atoms with E-state index in [-0.39, 0.29) is 5.41 Å². The lowest BCUT2D eigenvalue weighted by Gasteiger charge is -2.30. The van der Waals surface area contributed by atoms with Gasteiger partial charge in [0.25, 0.3) is 0 Å². The van der Waals surface area contributed by atoms with Crippen LogP contribution in [-0.4, -0.2) is 16.5 Å². The molecule has 1 aliphatic heterocycles. The first-order valence-electron chi connectivity index (χ1n) is 7.40. The summed E-state index contributed by atoms with van der Waals surface area (Å²) >= 11 is 0.